The SMILES string of the molecule is CN(Cc1cccs1)C(=O)c1ccc(CN2CCCC2=O)cc1. The molecule has 0 bridgehead atoms. The predicted octanol–water partition coefficient (Wildman–Crippen LogP) is 3.14. The molecule has 3 rings (SSSR count). The molecule has 0 unspecified atom stereocenters. The van der Waals surface area contributed by atoms with E-state index >= 15 is 0 Å². The Morgan fingerprint density at radius 3 is 2.65 bits per heavy atom. The zero-order valence-corrected chi connectivity index (χ0v) is 14.0. The molecule has 2 heterocycles. The number of hydrogen-bond acceptors (Lipinski definition) is 3. The summed E-state index contributed by atoms with van der Waals surface area (Å²) in [5, 5.41) is 2.02. The Kier molecular flexibility index (Phi) is 4.76. The molecule has 23 heavy (non-hydrogen) atoms. The van der Waals surface area contributed by atoms with E-state index < -0.39 is 0 Å². The second kappa shape index (κ2) is 6.96. The first-order valence-corrected chi connectivity index (χ1v) is 8.66. The summed E-state index contributed by atoms with van der Waals surface area (Å²) < 4.78 is 0. The minimum absolute atomic E-state index is 0.0159. The van der Waals surface area contributed by atoms with Crippen molar-refractivity contribution in [2.75, 3.05) is 13.6 Å². The Hall–Kier alpha value is -2.14. The van der Waals surface area contributed by atoms with Crippen molar-refractivity contribution >= 4 is 23.2 Å². The molecule has 1 aromatic heterocycles. The van der Waals surface area contributed by atoms with Crippen molar-refractivity contribution in [3.8, 4) is 0 Å². The van der Waals surface area contributed by atoms with E-state index in [0.717, 1.165) is 18.5 Å². The van der Waals surface area contributed by atoms with Crippen molar-refractivity contribution in [2.24, 2.45) is 0 Å². The quantitative estimate of drug-likeness (QED) is 0.846. The summed E-state index contributed by atoms with van der Waals surface area (Å²) in [6, 6.07) is 11.6. The monoisotopic (exact) mass is 328 g/mol. The number of rotatable bonds is 5. The molecule has 0 spiro atoms. The fourth-order valence-corrected chi connectivity index (χ4v) is 3.53. The van der Waals surface area contributed by atoms with Crippen molar-refractivity contribution in [3.05, 3.63) is 57.8 Å². The third-order valence-corrected chi connectivity index (χ3v) is 4.93. The van der Waals surface area contributed by atoms with E-state index in [4.69, 9.17) is 0 Å². The van der Waals surface area contributed by atoms with Crippen LogP contribution in [0.15, 0.2) is 41.8 Å². The van der Waals surface area contributed by atoms with Gasteiger partial charge in [0.25, 0.3) is 5.91 Å². The van der Waals surface area contributed by atoms with Crippen molar-refractivity contribution in [1.82, 2.24) is 9.80 Å². The van der Waals surface area contributed by atoms with Crippen LogP contribution in [-0.2, 0) is 17.9 Å². The van der Waals surface area contributed by atoms with Crippen molar-refractivity contribution in [2.45, 2.75) is 25.9 Å². The van der Waals surface area contributed by atoms with Gasteiger partial charge in [0.1, 0.15) is 0 Å². The highest BCUT2D eigenvalue weighted by Gasteiger charge is 2.20. The molecule has 1 aliphatic heterocycles. The molecule has 1 aromatic carbocycles. The Balaban J connectivity index is 1.61. The van der Waals surface area contributed by atoms with Crippen LogP contribution in [0, 0.1) is 0 Å². The summed E-state index contributed by atoms with van der Waals surface area (Å²) in [7, 11) is 1.82. The Labute approximate surface area is 140 Å². The molecule has 1 fully saturated rings. The highest BCUT2D eigenvalue weighted by atomic mass is 32.1. The Bertz CT molecular complexity index is 680. The lowest BCUT2D eigenvalue weighted by Gasteiger charge is -2.18. The van der Waals surface area contributed by atoms with Crippen LogP contribution in [0.5, 0.6) is 0 Å². The molecule has 4 nitrogen and oxygen atoms in total. The average Bonchev–Trinajstić information content (AvgIpc) is 3.20. The number of hydrogen-bond donors (Lipinski definition) is 0. The van der Waals surface area contributed by atoms with Gasteiger partial charge in [0.15, 0.2) is 0 Å². The van der Waals surface area contributed by atoms with Crippen molar-refractivity contribution < 1.29 is 9.59 Å². The fraction of sp³-hybridized carbons (Fsp3) is 0.333. The van der Waals surface area contributed by atoms with Crippen LogP contribution in [0.2, 0.25) is 0 Å². The highest BCUT2D eigenvalue weighted by Crippen LogP contribution is 2.16. The van der Waals surface area contributed by atoms with Gasteiger partial charge in [-0.1, -0.05) is 18.2 Å². The normalized spacial score (nSPS) is 14.3. The van der Waals surface area contributed by atoms with Gasteiger partial charge in [0, 0.05) is 37.0 Å². The van der Waals surface area contributed by atoms with Gasteiger partial charge >= 0.3 is 0 Å². The molecular weight excluding hydrogens is 308 g/mol. The first-order valence-electron chi connectivity index (χ1n) is 7.78. The molecular formula is C18H20N2O2S. The van der Waals surface area contributed by atoms with Crippen LogP contribution in [0.4, 0.5) is 0 Å². The molecule has 2 amide bonds. The minimum atomic E-state index is 0.0159. The minimum Gasteiger partial charge on any atom is -0.338 e. The van der Waals surface area contributed by atoms with Gasteiger partial charge in [-0.05, 0) is 35.6 Å². The second-order valence-electron chi connectivity index (χ2n) is 5.86. The average molecular weight is 328 g/mol. The smallest absolute Gasteiger partial charge is 0.253 e. The van der Waals surface area contributed by atoms with E-state index in [0.29, 0.717) is 25.1 Å². The maximum Gasteiger partial charge on any atom is 0.253 e. The fourth-order valence-electron chi connectivity index (χ4n) is 2.77. The molecule has 0 aliphatic carbocycles. The largest absolute Gasteiger partial charge is 0.338 e. The standard InChI is InChI=1S/C18H20N2O2S/c1-19(13-16-4-3-11-23-16)18(22)15-8-6-14(7-9-15)12-20-10-2-5-17(20)21/h3-4,6-9,11H,2,5,10,12-13H2,1H3. The number of carbonyl (C=O) groups is 2. The molecule has 0 saturated carbocycles. The highest BCUT2D eigenvalue weighted by molar-refractivity contribution is 7.09. The van der Waals surface area contributed by atoms with E-state index in [9.17, 15) is 9.59 Å². The zero-order valence-electron chi connectivity index (χ0n) is 13.2. The van der Waals surface area contributed by atoms with E-state index in [1.807, 2.05) is 53.7 Å². The first kappa shape index (κ1) is 15.7. The zero-order chi connectivity index (χ0) is 16.2. The van der Waals surface area contributed by atoms with Gasteiger partial charge in [0.2, 0.25) is 5.91 Å². The van der Waals surface area contributed by atoms with Crippen LogP contribution in [0.1, 0.15) is 33.6 Å². The van der Waals surface area contributed by atoms with Gasteiger partial charge in [-0.2, -0.15) is 0 Å². The number of amides is 2. The number of nitrogens with zero attached hydrogens (tertiary/aromatic N) is 2. The first-order chi connectivity index (χ1) is 11.1. The summed E-state index contributed by atoms with van der Waals surface area (Å²) in [6.07, 6.45) is 1.60. The summed E-state index contributed by atoms with van der Waals surface area (Å²) in [5.41, 5.74) is 1.75. The van der Waals surface area contributed by atoms with Gasteiger partial charge in [-0.25, -0.2) is 0 Å². The molecule has 0 radical (unpaired) electrons. The summed E-state index contributed by atoms with van der Waals surface area (Å²) >= 11 is 1.65. The lowest BCUT2D eigenvalue weighted by molar-refractivity contribution is -0.128. The van der Waals surface area contributed by atoms with E-state index in [2.05, 4.69) is 0 Å². The maximum absolute atomic E-state index is 12.4. The lowest BCUT2D eigenvalue weighted by Crippen LogP contribution is -2.26. The van der Waals surface area contributed by atoms with Crippen LogP contribution in [0.25, 0.3) is 0 Å². The molecule has 0 N–H and O–H groups in total. The molecule has 0 atom stereocenters. The molecule has 1 saturated heterocycles. The second-order valence-corrected chi connectivity index (χ2v) is 6.89. The molecule has 2 aromatic rings. The lowest BCUT2D eigenvalue weighted by atomic mass is 10.1. The van der Waals surface area contributed by atoms with Crippen LogP contribution in [-0.4, -0.2) is 35.2 Å². The summed E-state index contributed by atoms with van der Waals surface area (Å²) in [5.74, 6) is 0.239. The summed E-state index contributed by atoms with van der Waals surface area (Å²) in [4.78, 5) is 28.9. The van der Waals surface area contributed by atoms with E-state index in [-0.39, 0.29) is 11.8 Å². The van der Waals surface area contributed by atoms with Crippen LogP contribution < -0.4 is 0 Å². The summed E-state index contributed by atoms with van der Waals surface area (Å²) in [6.45, 7) is 2.10. The Morgan fingerprint density at radius 2 is 2.04 bits per heavy atom. The third-order valence-electron chi connectivity index (χ3n) is 4.07. The van der Waals surface area contributed by atoms with Gasteiger partial charge in [-0.15, -0.1) is 11.3 Å². The van der Waals surface area contributed by atoms with Crippen molar-refractivity contribution in [3.63, 3.8) is 0 Å². The van der Waals surface area contributed by atoms with E-state index in [1.54, 1.807) is 16.2 Å². The molecule has 1 aliphatic rings. The van der Waals surface area contributed by atoms with Crippen molar-refractivity contribution in [1.29, 1.82) is 0 Å². The number of thiophene rings is 1. The van der Waals surface area contributed by atoms with Crippen LogP contribution >= 0.6 is 11.3 Å². The number of likely N-dealkylation sites (tertiary alicyclic amines) is 1. The third kappa shape index (κ3) is 3.79. The number of carbonyl (C=O) groups excluding carboxylic acids is 2. The Morgan fingerprint density at radius 1 is 1.26 bits per heavy atom. The van der Waals surface area contributed by atoms with Crippen LogP contribution in [0.3, 0.4) is 0 Å². The molecule has 120 valence electrons. The maximum atomic E-state index is 12.4. The van der Waals surface area contributed by atoms with Gasteiger partial charge in [0.05, 0.1) is 6.54 Å². The van der Waals surface area contributed by atoms with Gasteiger partial charge < -0.3 is 9.80 Å². The predicted molar refractivity (Wildman–Crippen MR) is 91.2 cm³/mol. The van der Waals surface area contributed by atoms with E-state index in [1.165, 1.54) is 4.88 Å². The topological polar surface area (TPSA) is 40.6 Å². The molecule has 5 heteroatoms. The number of benzene rings is 1. The van der Waals surface area contributed by atoms with Gasteiger partial charge in [-0.3, -0.25) is 9.59 Å².